The van der Waals surface area contributed by atoms with Gasteiger partial charge in [0.1, 0.15) is 0 Å². The summed E-state index contributed by atoms with van der Waals surface area (Å²) in [4.78, 5) is 10.5. The van der Waals surface area contributed by atoms with E-state index in [9.17, 15) is 4.79 Å². The minimum atomic E-state index is -0.243. The topological polar surface area (TPSA) is 52.3 Å². The molecular weight excluding hydrogens is 174 g/mol. The van der Waals surface area contributed by atoms with E-state index < -0.39 is 0 Å². The van der Waals surface area contributed by atoms with Crippen LogP contribution in [0, 0.1) is 0 Å². The number of ether oxygens (including phenoxy) is 1. The Bertz CT molecular complexity index is 109. The van der Waals surface area contributed by atoms with Gasteiger partial charge in [0.05, 0.1) is 11.9 Å². The number of carbonyl (C=O) groups excluding carboxylic acids is 1. The van der Waals surface area contributed by atoms with Gasteiger partial charge in [0.15, 0.2) is 0 Å². The molecule has 0 bridgehead atoms. The van der Waals surface area contributed by atoms with Gasteiger partial charge in [0.2, 0.25) is 0 Å². The van der Waals surface area contributed by atoms with Crippen LogP contribution in [0.5, 0.6) is 0 Å². The van der Waals surface area contributed by atoms with Gasteiger partial charge in [-0.3, -0.25) is 4.79 Å². The van der Waals surface area contributed by atoms with Gasteiger partial charge in [-0.2, -0.15) is 12.6 Å². The number of hydrogen-bond donors (Lipinski definition) is 2. The molecule has 0 aromatic rings. The standard InChI is InChI=1S/C6H12O2S.C2H7N/c1-3-5(2)8-6(7)4-9;1-2-3/h5,9H,3-4H2,1-2H3;2-3H2,1H3. The van der Waals surface area contributed by atoms with Crippen LogP contribution in [0.15, 0.2) is 0 Å². The SMILES string of the molecule is CCC(C)OC(=O)CS.CCN. The van der Waals surface area contributed by atoms with Gasteiger partial charge in [0.25, 0.3) is 0 Å². The van der Waals surface area contributed by atoms with Crippen LogP contribution in [0.2, 0.25) is 0 Å². The van der Waals surface area contributed by atoms with E-state index in [1.165, 1.54) is 0 Å². The molecule has 0 saturated carbocycles. The first-order valence-corrected chi connectivity index (χ1v) is 4.75. The van der Waals surface area contributed by atoms with E-state index in [0.717, 1.165) is 13.0 Å². The van der Waals surface area contributed by atoms with Gasteiger partial charge in [-0.25, -0.2) is 0 Å². The zero-order chi connectivity index (χ0) is 9.98. The fourth-order valence-electron chi connectivity index (χ4n) is 0.345. The first kappa shape index (κ1) is 14.3. The molecule has 12 heavy (non-hydrogen) atoms. The van der Waals surface area contributed by atoms with Crippen LogP contribution in [0.25, 0.3) is 0 Å². The first-order chi connectivity index (χ1) is 5.62. The Morgan fingerprint density at radius 1 is 1.58 bits per heavy atom. The highest BCUT2D eigenvalue weighted by molar-refractivity contribution is 7.81. The number of carbonyl (C=O) groups is 1. The van der Waals surface area contributed by atoms with Crippen LogP contribution < -0.4 is 5.73 Å². The summed E-state index contributed by atoms with van der Waals surface area (Å²) < 4.78 is 4.83. The Labute approximate surface area is 80.1 Å². The molecule has 3 nitrogen and oxygen atoms in total. The summed E-state index contributed by atoms with van der Waals surface area (Å²) in [5.74, 6) is -0.0719. The van der Waals surface area contributed by atoms with Gasteiger partial charge in [-0.05, 0) is 19.9 Å². The molecule has 0 spiro atoms. The molecule has 0 aromatic carbocycles. The summed E-state index contributed by atoms with van der Waals surface area (Å²) >= 11 is 3.75. The van der Waals surface area contributed by atoms with Crippen molar-refractivity contribution in [3.05, 3.63) is 0 Å². The fourth-order valence-corrected chi connectivity index (χ4v) is 0.420. The number of hydrogen-bond acceptors (Lipinski definition) is 4. The average Bonchev–Trinajstić information content (AvgIpc) is 2.05. The van der Waals surface area contributed by atoms with Crippen molar-refractivity contribution in [1.29, 1.82) is 0 Å². The van der Waals surface area contributed by atoms with E-state index >= 15 is 0 Å². The van der Waals surface area contributed by atoms with Crippen molar-refractivity contribution in [2.45, 2.75) is 33.3 Å². The third-order valence-corrected chi connectivity index (χ3v) is 1.29. The molecule has 1 atom stereocenters. The molecule has 0 heterocycles. The van der Waals surface area contributed by atoms with Crippen molar-refractivity contribution in [1.82, 2.24) is 0 Å². The lowest BCUT2D eigenvalue weighted by atomic mass is 10.3. The highest BCUT2D eigenvalue weighted by atomic mass is 32.1. The summed E-state index contributed by atoms with van der Waals surface area (Å²) in [5.41, 5.74) is 4.85. The van der Waals surface area contributed by atoms with E-state index in [2.05, 4.69) is 12.6 Å². The van der Waals surface area contributed by atoms with Crippen LogP contribution in [-0.2, 0) is 9.53 Å². The lowest BCUT2D eigenvalue weighted by Gasteiger charge is -2.08. The quantitative estimate of drug-likeness (QED) is 0.523. The van der Waals surface area contributed by atoms with E-state index in [1.54, 1.807) is 0 Å². The van der Waals surface area contributed by atoms with E-state index in [1.807, 2.05) is 20.8 Å². The zero-order valence-corrected chi connectivity index (χ0v) is 8.93. The second-order valence-corrected chi connectivity index (χ2v) is 2.59. The van der Waals surface area contributed by atoms with Crippen molar-refractivity contribution in [3.63, 3.8) is 0 Å². The molecule has 4 heteroatoms. The average molecular weight is 193 g/mol. The Morgan fingerprint density at radius 3 is 2.25 bits per heavy atom. The van der Waals surface area contributed by atoms with E-state index in [0.29, 0.717) is 0 Å². The monoisotopic (exact) mass is 193 g/mol. The summed E-state index contributed by atoms with van der Waals surface area (Å²) in [6, 6.07) is 0. The Hall–Kier alpha value is -0.220. The Morgan fingerprint density at radius 2 is 2.00 bits per heavy atom. The Balaban J connectivity index is 0. The van der Waals surface area contributed by atoms with Crippen molar-refractivity contribution in [2.75, 3.05) is 12.3 Å². The first-order valence-electron chi connectivity index (χ1n) is 4.12. The van der Waals surface area contributed by atoms with Crippen LogP contribution >= 0.6 is 12.6 Å². The lowest BCUT2D eigenvalue weighted by Crippen LogP contribution is -2.14. The van der Waals surface area contributed by atoms with Gasteiger partial charge in [0, 0.05) is 0 Å². The van der Waals surface area contributed by atoms with Gasteiger partial charge in [-0.15, -0.1) is 0 Å². The molecule has 0 saturated heterocycles. The normalized spacial score (nSPS) is 11.1. The molecule has 0 radical (unpaired) electrons. The maximum absolute atomic E-state index is 10.5. The van der Waals surface area contributed by atoms with Crippen molar-refractivity contribution >= 4 is 18.6 Å². The van der Waals surface area contributed by atoms with Gasteiger partial charge in [-0.1, -0.05) is 13.8 Å². The molecule has 74 valence electrons. The minimum absolute atomic E-state index is 0.0321. The Kier molecular flexibility index (Phi) is 12.9. The van der Waals surface area contributed by atoms with Crippen LogP contribution in [-0.4, -0.2) is 24.4 Å². The summed E-state index contributed by atoms with van der Waals surface area (Å²) in [7, 11) is 0. The highest BCUT2D eigenvalue weighted by Crippen LogP contribution is 1.96. The van der Waals surface area contributed by atoms with E-state index in [-0.39, 0.29) is 17.8 Å². The minimum Gasteiger partial charge on any atom is -0.462 e. The molecule has 0 fully saturated rings. The number of thiol groups is 1. The molecule has 1 unspecified atom stereocenters. The smallest absolute Gasteiger partial charge is 0.315 e. The van der Waals surface area contributed by atoms with Crippen molar-refractivity contribution < 1.29 is 9.53 Å². The fraction of sp³-hybridized carbons (Fsp3) is 0.875. The summed E-state index contributed by atoms with van der Waals surface area (Å²) in [6.45, 7) is 6.48. The molecule has 0 rings (SSSR count). The van der Waals surface area contributed by atoms with Crippen molar-refractivity contribution in [3.8, 4) is 0 Å². The lowest BCUT2D eigenvalue weighted by molar-refractivity contribution is -0.144. The highest BCUT2D eigenvalue weighted by Gasteiger charge is 2.03. The third kappa shape index (κ3) is 12.5. The molecule has 0 aliphatic rings. The predicted molar refractivity (Wildman–Crippen MR) is 54.4 cm³/mol. The second-order valence-electron chi connectivity index (χ2n) is 2.28. The van der Waals surface area contributed by atoms with E-state index in [4.69, 9.17) is 10.5 Å². The van der Waals surface area contributed by atoms with Crippen molar-refractivity contribution in [2.24, 2.45) is 5.73 Å². The zero-order valence-electron chi connectivity index (χ0n) is 8.04. The van der Waals surface area contributed by atoms with Crippen LogP contribution in [0.4, 0.5) is 0 Å². The maximum atomic E-state index is 10.5. The second kappa shape index (κ2) is 10.8. The van der Waals surface area contributed by atoms with Gasteiger partial charge < -0.3 is 10.5 Å². The molecule has 2 N–H and O–H groups in total. The third-order valence-electron chi connectivity index (χ3n) is 1.04. The number of nitrogens with two attached hydrogens (primary N) is 1. The summed E-state index contributed by atoms with van der Waals surface area (Å²) in [5, 5.41) is 0. The van der Waals surface area contributed by atoms with Crippen LogP contribution in [0.3, 0.4) is 0 Å². The number of rotatable bonds is 3. The molecule has 0 aliphatic carbocycles. The largest absolute Gasteiger partial charge is 0.462 e. The molecule has 0 aliphatic heterocycles. The molecular formula is C8H19NO2S. The number of esters is 1. The molecule has 0 amide bonds. The maximum Gasteiger partial charge on any atom is 0.315 e. The predicted octanol–water partition coefficient (Wildman–Crippen LogP) is 1.22. The van der Waals surface area contributed by atoms with Gasteiger partial charge >= 0.3 is 5.97 Å². The van der Waals surface area contributed by atoms with Crippen LogP contribution in [0.1, 0.15) is 27.2 Å². The molecule has 0 aromatic heterocycles. The summed E-state index contributed by atoms with van der Waals surface area (Å²) in [6.07, 6.45) is 0.893.